The summed E-state index contributed by atoms with van der Waals surface area (Å²) in [5.74, 6) is -0.246. The maximum Gasteiger partial charge on any atom is 0.319 e. The van der Waals surface area contributed by atoms with Crippen molar-refractivity contribution < 1.29 is 9.53 Å². The standard InChI is InChI=1S/C20H18N2O3S/c1-12-9-13(2)11-14(10-12)22-18(23)15-5-3-4-6-16(15)21-20(22)26-17-7-8-25-19(17)24/h3-6,9-11,17H,7-8H2,1-2H3/t17-/m1/s1. The summed E-state index contributed by atoms with van der Waals surface area (Å²) in [5, 5.41) is 0.743. The second-order valence-electron chi connectivity index (χ2n) is 6.46. The maximum absolute atomic E-state index is 13.2. The third kappa shape index (κ3) is 3.01. The number of para-hydroxylation sites is 1. The van der Waals surface area contributed by atoms with Gasteiger partial charge in [0.1, 0.15) is 5.25 Å². The summed E-state index contributed by atoms with van der Waals surface area (Å²) < 4.78 is 6.67. The van der Waals surface area contributed by atoms with Gasteiger partial charge in [0, 0.05) is 6.42 Å². The van der Waals surface area contributed by atoms with E-state index >= 15 is 0 Å². The fourth-order valence-electron chi connectivity index (χ4n) is 3.21. The molecule has 4 rings (SSSR count). The normalized spacial score (nSPS) is 16.8. The van der Waals surface area contributed by atoms with Gasteiger partial charge in [-0.2, -0.15) is 0 Å². The highest BCUT2D eigenvalue weighted by Crippen LogP contribution is 2.30. The van der Waals surface area contributed by atoms with E-state index in [0.717, 1.165) is 16.8 Å². The molecule has 1 aromatic heterocycles. The second-order valence-corrected chi connectivity index (χ2v) is 7.63. The Morgan fingerprint density at radius 2 is 1.85 bits per heavy atom. The molecule has 6 heteroatoms. The zero-order valence-corrected chi connectivity index (χ0v) is 15.4. The Labute approximate surface area is 155 Å². The van der Waals surface area contributed by atoms with Crippen molar-refractivity contribution in [3.63, 3.8) is 0 Å². The highest BCUT2D eigenvalue weighted by Gasteiger charge is 2.29. The highest BCUT2D eigenvalue weighted by molar-refractivity contribution is 8.00. The Hall–Kier alpha value is -2.60. The number of carbonyl (C=O) groups is 1. The molecule has 2 heterocycles. The zero-order valence-electron chi connectivity index (χ0n) is 14.6. The second kappa shape index (κ2) is 6.61. The molecule has 1 aliphatic heterocycles. The molecule has 3 aromatic rings. The molecule has 1 fully saturated rings. The van der Waals surface area contributed by atoms with E-state index in [-0.39, 0.29) is 16.8 Å². The van der Waals surface area contributed by atoms with Crippen molar-refractivity contribution in [3.8, 4) is 5.69 Å². The smallest absolute Gasteiger partial charge is 0.319 e. The Morgan fingerprint density at radius 1 is 1.12 bits per heavy atom. The summed E-state index contributed by atoms with van der Waals surface area (Å²) in [5.41, 5.74) is 3.40. The molecule has 0 saturated carbocycles. The number of esters is 1. The first-order chi connectivity index (χ1) is 12.5. The molecule has 0 spiro atoms. The van der Waals surface area contributed by atoms with Crippen LogP contribution >= 0.6 is 11.8 Å². The molecule has 0 radical (unpaired) electrons. The van der Waals surface area contributed by atoms with E-state index in [2.05, 4.69) is 11.1 Å². The number of benzene rings is 2. The van der Waals surface area contributed by atoms with E-state index < -0.39 is 0 Å². The summed E-state index contributed by atoms with van der Waals surface area (Å²) in [6.07, 6.45) is 0.624. The lowest BCUT2D eigenvalue weighted by Crippen LogP contribution is -2.23. The van der Waals surface area contributed by atoms with Crippen LogP contribution in [-0.4, -0.2) is 27.4 Å². The minimum atomic E-state index is -0.333. The number of ether oxygens (including phenoxy) is 1. The van der Waals surface area contributed by atoms with Crippen molar-refractivity contribution in [2.75, 3.05) is 6.61 Å². The van der Waals surface area contributed by atoms with Gasteiger partial charge in [-0.25, -0.2) is 4.98 Å². The summed E-state index contributed by atoms with van der Waals surface area (Å²) >= 11 is 1.30. The molecule has 0 unspecified atom stereocenters. The average Bonchev–Trinajstić information content (AvgIpc) is 2.99. The quantitative estimate of drug-likeness (QED) is 0.525. The van der Waals surface area contributed by atoms with Crippen molar-refractivity contribution in [2.24, 2.45) is 0 Å². The molecule has 0 amide bonds. The summed E-state index contributed by atoms with van der Waals surface area (Å²) in [7, 11) is 0. The minimum absolute atomic E-state index is 0.130. The predicted molar refractivity (Wildman–Crippen MR) is 102 cm³/mol. The minimum Gasteiger partial charge on any atom is -0.465 e. The Bertz CT molecular complexity index is 1050. The molecule has 2 aromatic carbocycles. The van der Waals surface area contributed by atoms with Crippen LogP contribution in [-0.2, 0) is 9.53 Å². The van der Waals surface area contributed by atoms with Crippen LogP contribution < -0.4 is 5.56 Å². The van der Waals surface area contributed by atoms with Crippen LogP contribution in [0.2, 0.25) is 0 Å². The summed E-state index contributed by atoms with van der Waals surface area (Å²) in [6.45, 7) is 4.41. The fraction of sp³-hybridized carbons (Fsp3) is 0.250. The molecule has 26 heavy (non-hydrogen) atoms. The predicted octanol–water partition coefficient (Wildman–Crippen LogP) is 3.41. The largest absolute Gasteiger partial charge is 0.465 e. The lowest BCUT2D eigenvalue weighted by molar-refractivity contribution is -0.137. The lowest BCUT2D eigenvalue weighted by Gasteiger charge is -2.15. The van der Waals surface area contributed by atoms with Gasteiger partial charge in [0.05, 0.1) is 23.2 Å². The van der Waals surface area contributed by atoms with Gasteiger partial charge >= 0.3 is 5.97 Å². The average molecular weight is 366 g/mol. The van der Waals surface area contributed by atoms with Gasteiger partial charge < -0.3 is 4.74 Å². The van der Waals surface area contributed by atoms with E-state index in [4.69, 9.17) is 4.74 Å². The van der Waals surface area contributed by atoms with Gasteiger partial charge in [0.15, 0.2) is 5.16 Å². The van der Waals surface area contributed by atoms with E-state index in [1.807, 2.05) is 44.2 Å². The van der Waals surface area contributed by atoms with Crippen molar-refractivity contribution in [1.29, 1.82) is 0 Å². The van der Waals surface area contributed by atoms with Crippen LogP contribution in [0, 0.1) is 13.8 Å². The molecular weight excluding hydrogens is 348 g/mol. The van der Waals surface area contributed by atoms with Gasteiger partial charge in [0.2, 0.25) is 0 Å². The number of cyclic esters (lactones) is 1. The van der Waals surface area contributed by atoms with Crippen LogP contribution in [0.5, 0.6) is 0 Å². The number of carbonyl (C=O) groups excluding carboxylic acids is 1. The third-order valence-electron chi connectivity index (χ3n) is 4.34. The Morgan fingerprint density at radius 3 is 2.54 bits per heavy atom. The van der Waals surface area contributed by atoms with Gasteiger partial charge in [-0.3, -0.25) is 14.2 Å². The Kier molecular flexibility index (Phi) is 4.28. The van der Waals surface area contributed by atoms with Crippen molar-refractivity contribution in [2.45, 2.75) is 30.7 Å². The van der Waals surface area contributed by atoms with Crippen molar-refractivity contribution in [1.82, 2.24) is 9.55 Å². The van der Waals surface area contributed by atoms with Gasteiger partial charge in [-0.05, 0) is 49.2 Å². The third-order valence-corrected chi connectivity index (χ3v) is 5.54. The Balaban J connectivity index is 1.96. The molecule has 132 valence electrons. The van der Waals surface area contributed by atoms with Crippen molar-refractivity contribution >= 4 is 28.6 Å². The number of nitrogens with zero attached hydrogens (tertiary/aromatic N) is 2. The van der Waals surface area contributed by atoms with E-state index in [1.54, 1.807) is 10.6 Å². The van der Waals surface area contributed by atoms with Crippen LogP contribution in [0.3, 0.4) is 0 Å². The van der Waals surface area contributed by atoms with Gasteiger partial charge in [0.25, 0.3) is 5.56 Å². The number of aryl methyl sites for hydroxylation is 2. The number of thioether (sulfide) groups is 1. The first kappa shape index (κ1) is 16.8. The number of fused-ring (bicyclic) bond motifs is 1. The first-order valence-corrected chi connectivity index (χ1v) is 9.34. The van der Waals surface area contributed by atoms with Crippen LogP contribution in [0.1, 0.15) is 17.5 Å². The lowest BCUT2D eigenvalue weighted by atomic mass is 10.1. The number of hydrogen-bond donors (Lipinski definition) is 0. The van der Waals surface area contributed by atoms with Gasteiger partial charge in [-0.1, -0.05) is 30.0 Å². The molecular formula is C20H18N2O3S. The van der Waals surface area contributed by atoms with E-state index in [0.29, 0.717) is 29.1 Å². The summed E-state index contributed by atoms with van der Waals surface area (Å²) in [6, 6.07) is 13.3. The molecule has 1 saturated heterocycles. The SMILES string of the molecule is Cc1cc(C)cc(-n2c(S[C@@H]3CCOC3=O)nc3ccccc3c2=O)c1. The maximum atomic E-state index is 13.2. The molecule has 0 aliphatic carbocycles. The molecule has 5 nitrogen and oxygen atoms in total. The van der Waals surface area contributed by atoms with Crippen LogP contribution in [0.25, 0.3) is 16.6 Å². The fourth-order valence-corrected chi connectivity index (χ4v) is 4.29. The number of rotatable bonds is 3. The van der Waals surface area contributed by atoms with E-state index in [9.17, 15) is 9.59 Å². The van der Waals surface area contributed by atoms with Crippen LogP contribution in [0.4, 0.5) is 0 Å². The monoisotopic (exact) mass is 366 g/mol. The van der Waals surface area contributed by atoms with Crippen molar-refractivity contribution in [3.05, 3.63) is 63.9 Å². The first-order valence-electron chi connectivity index (χ1n) is 8.47. The number of aromatic nitrogens is 2. The van der Waals surface area contributed by atoms with Crippen LogP contribution in [0.15, 0.2) is 52.4 Å². The topological polar surface area (TPSA) is 61.2 Å². The molecule has 1 aliphatic rings. The highest BCUT2D eigenvalue weighted by atomic mass is 32.2. The number of hydrogen-bond acceptors (Lipinski definition) is 5. The molecule has 1 atom stereocenters. The van der Waals surface area contributed by atoms with Gasteiger partial charge in [-0.15, -0.1) is 0 Å². The zero-order chi connectivity index (χ0) is 18.3. The molecule has 0 N–H and O–H groups in total. The van der Waals surface area contributed by atoms with E-state index in [1.165, 1.54) is 11.8 Å². The summed E-state index contributed by atoms with van der Waals surface area (Å²) in [4.78, 5) is 29.8. The molecule has 0 bridgehead atoms.